The lowest BCUT2D eigenvalue weighted by atomic mass is 10.1. The van der Waals surface area contributed by atoms with Gasteiger partial charge in [-0.05, 0) is 19.4 Å². The number of rotatable bonds is 4. The summed E-state index contributed by atoms with van der Waals surface area (Å²) in [7, 11) is 1.87. The monoisotopic (exact) mass is 278 g/mol. The number of hydrogen-bond acceptors (Lipinski definition) is 3. The third-order valence-electron chi connectivity index (χ3n) is 3.58. The lowest BCUT2D eigenvalue weighted by Gasteiger charge is -2.23. The maximum absolute atomic E-state index is 12.5. The number of carbonyl (C=O) groups is 2. The Morgan fingerprint density at radius 3 is 2.80 bits per heavy atom. The van der Waals surface area contributed by atoms with E-state index in [0.717, 1.165) is 17.8 Å². The summed E-state index contributed by atoms with van der Waals surface area (Å²) in [5.74, 6) is -0.0305. The van der Waals surface area contributed by atoms with Crippen LogP contribution < -0.4 is 5.32 Å². The van der Waals surface area contributed by atoms with Gasteiger partial charge in [0.25, 0.3) is 0 Å². The molecule has 2 amide bonds. The largest absolute Gasteiger partial charge is 0.344 e. The highest BCUT2D eigenvalue weighted by atomic mass is 16.2. The average Bonchev–Trinajstić information content (AvgIpc) is 2.64. The van der Waals surface area contributed by atoms with Crippen molar-refractivity contribution in [3.8, 4) is 0 Å². The van der Waals surface area contributed by atoms with Crippen molar-refractivity contribution in [3.05, 3.63) is 17.5 Å². The second kappa shape index (κ2) is 6.07. The van der Waals surface area contributed by atoms with Gasteiger partial charge < -0.3 is 10.2 Å². The predicted molar refractivity (Wildman–Crippen MR) is 74.8 cm³/mol. The first-order chi connectivity index (χ1) is 9.51. The Bertz CT molecular complexity index is 509. The molecule has 0 bridgehead atoms. The van der Waals surface area contributed by atoms with Gasteiger partial charge in [0.05, 0.1) is 17.9 Å². The summed E-state index contributed by atoms with van der Waals surface area (Å²) < 4.78 is 1.79. The standard InChI is InChI=1S/C14H22N4O2/c1-4-5-12-14(20)18(7-6-13(19)15-12)9-11-8-10(2)16-17(11)3/h8,12H,4-7,9H2,1-3H3,(H,15,19). The summed E-state index contributed by atoms with van der Waals surface area (Å²) in [6.07, 6.45) is 1.92. The van der Waals surface area contributed by atoms with Crippen LogP contribution in [0.25, 0.3) is 0 Å². The van der Waals surface area contributed by atoms with Gasteiger partial charge in [-0.25, -0.2) is 0 Å². The maximum atomic E-state index is 12.5. The Hall–Kier alpha value is -1.85. The highest BCUT2D eigenvalue weighted by Gasteiger charge is 2.29. The van der Waals surface area contributed by atoms with Gasteiger partial charge in [0.2, 0.25) is 11.8 Å². The van der Waals surface area contributed by atoms with Crippen molar-refractivity contribution in [3.63, 3.8) is 0 Å². The van der Waals surface area contributed by atoms with Gasteiger partial charge in [-0.1, -0.05) is 13.3 Å². The van der Waals surface area contributed by atoms with Crippen LogP contribution in [0.1, 0.15) is 37.6 Å². The Morgan fingerprint density at radius 1 is 1.45 bits per heavy atom. The van der Waals surface area contributed by atoms with E-state index in [1.807, 2.05) is 27.0 Å². The topological polar surface area (TPSA) is 67.2 Å². The molecule has 1 fully saturated rings. The summed E-state index contributed by atoms with van der Waals surface area (Å²) in [4.78, 5) is 25.9. The van der Waals surface area contributed by atoms with Crippen molar-refractivity contribution in [1.29, 1.82) is 0 Å². The van der Waals surface area contributed by atoms with Crippen LogP contribution in [0.4, 0.5) is 0 Å². The molecule has 2 heterocycles. The van der Waals surface area contributed by atoms with Crippen LogP contribution in [-0.2, 0) is 23.2 Å². The molecular weight excluding hydrogens is 256 g/mol. The van der Waals surface area contributed by atoms with Crippen LogP contribution in [0.3, 0.4) is 0 Å². The van der Waals surface area contributed by atoms with Crippen LogP contribution in [0.2, 0.25) is 0 Å². The Labute approximate surface area is 119 Å². The average molecular weight is 278 g/mol. The van der Waals surface area contributed by atoms with Gasteiger partial charge in [-0.3, -0.25) is 14.3 Å². The fraction of sp³-hybridized carbons (Fsp3) is 0.643. The Kier molecular flexibility index (Phi) is 4.42. The molecule has 110 valence electrons. The molecule has 0 radical (unpaired) electrons. The van der Waals surface area contributed by atoms with Gasteiger partial charge in [0.1, 0.15) is 6.04 Å². The van der Waals surface area contributed by atoms with Crippen LogP contribution in [0, 0.1) is 6.92 Å². The molecule has 1 saturated heterocycles. The second-order valence-corrected chi connectivity index (χ2v) is 5.32. The van der Waals surface area contributed by atoms with Gasteiger partial charge >= 0.3 is 0 Å². The molecule has 6 nitrogen and oxygen atoms in total. The van der Waals surface area contributed by atoms with Crippen molar-refractivity contribution >= 4 is 11.8 Å². The molecule has 0 spiro atoms. The van der Waals surface area contributed by atoms with Crippen LogP contribution in [0.5, 0.6) is 0 Å². The number of aryl methyl sites for hydroxylation is 2. The SMILES string of the molecule is CCCC1NC(=O)CCN(Cc2cc(C)nn2C)C1=O. The summed E-state index contributed by atoms with van der Waals surface area (Å²) >= 11 is 0. The number of nitrogens with zero attached hydrogens (tertiary/aromatic N) is 3. The van der Waals surface area contributed by atoms with Crippen molar-refractivity contribution < 1.29 is 9.59 Å². The zero-order valence-electron chi connectivity index (χ0n) is 12.3. The first-order valence-electron chi connectivity index (χ1n) is 7.09. The lowest BCUT2D eigenvalue weighted by Crippen LogP contribution is -2.44. The molecule has 1 N–H and O–H groups in total. The molecule has 1 unspecified atom stereocenters. The number of amides is 2. The third kappa shape index (κ3) is 3.18. The summed E-state index contributed by atoms with van der Waals surface area (Å²) in [6.45, 7) is 4.91. The molecule has 6 heteroatoms. The Balaban J connectivity index is 2.14. The number of nitrogens with one attached hydrogen (secondary N) is 1. The fourth-order valence-corrected chi connectivity index (χ4v) is 2.54. The second-order valence-electron chi connectivity index (χ2n) is 5.32. The van der Waals surface area contributed by atoms with E-state index in [4.69, 9.17) is 0 Å². The van der Waals surface area contributed by atoms with E-state index in [1.54, 1.807) is 9.58 Å². The van der Waals surface area contributed by atoms with E-state index in [2.05, 4.69) is 10.4 Å². The maximum Gasteiger partial charge on any atom is 0.245 e. The molecule has 1 aromatic heterocycles. The molecule has 20 heavy (non-hydrogen) atoms. The lowest BCUT2D eigenvalue weighted by molar-refractivity contribution is -0.134. The zero-order chi connectivity index (χ0) is 14.7. The van der Waals surface area contributed by atoms with Gasteiger partial charge in [-0.15, -0.1) is 0 Å². The molecular formula is C14H22N4O2. The minimum absolute atomic E-state index is 0.0107. The molecule has 0 aromatic carbocycles. The first kappa shape index (κ1) is 14.6. The van der Waals surface area contributed by atoms with E-state index in [-0.39, 0.29) is 17.9 Å². The highest BCUT2D eigenvalue weighted by Crippen LogP contribution is 2.13. The van der Waals surface area contributed by atoms with E-state index in [0.29, 0.717) is 25.9 Å². The first-order valence-corrected chi connectivity index (χ1v) is 7.09. The molecule has 0 saturated carbocycles. The Morgan fingerprint density at radius 2 is 2.20 bits per heavy atom. The molecule has 1 aromatic rings. The van der Waals surface area contributed by atoms with Crippen LogP contribution in [0.15, 0.2) is 6.07 Å². The third-order valence-corrected chi connectivity index (χ3v) is 3.58. The fourth-order valence-electron chi connectivity index (χ4n) is 2.54. The van der Waals surface area contributed by atoms with Gasteiger partial charge in [0, 0.05) is 20.0 Å². The minimum atomic E-state index is -0.385. The number of carbonyl (C=O) groups excluding carboxylic acids is 2. The minimum Gasteiger partial charge on any atom is -0.344 e. The summed E-state index contributed by atoms with van der Waals surface area (Å²) in [6, 6.07) is 1.59. The quantitative estimate of drug-likeness (QED) is 0.883. The van der Waals surface area contributed by atoms with E-state index < -0.39 is 0 Å². The molecule has 2 rings (SSSR count). The normalized spacial score (nSPS) is 19.9. The zero-order valence-corrected chi connectivity index (χ0v) is 12.3. The van der Waals surface area contributed by atoms with Crippen molar-refractivity contribution in [2.24, 2.45) is 7.05 Å². The molecule has 0 aliphatic carbocycles. The molecule has 1 atom stereocenters. The number of aromatic nitrogens is 2. The summed E-state index contributed by atoms with van der Waals surface area (Å²) in [5, 5.41) is 7.10. The van der Waals surface area contributed by atoms with Gasteiger partial charge in [0.15, 0.2) is 0 Å². The highest BCUT2D eigenvalue weighted by molar-refractivity contribution is 5.89. The van der Waals surface area contributed by atoms with Crippen LogP contribution in [-0.4, -0.2) is 39.1 Å². The predicted octanol–water partition coefficient (Wildman–Crippen LogP) is 0.746. The summed E-state index contributed by atoms with van der Waals surface area (Å²) in [5.41, 5.74) is 1.92. The molecule has 1 aliphatic rings. The van der Waals surface area contributed by atoms with Crippen LogP contribution >= 0.6 is 0 Å². The van der Waals surface area contributed by atoms with E-state index in [1.165, 1.54) is 0 Å². The molecule has 1 aliphatic heterocycles. The number of hydrogen-bond donors (Lipinski definition) is 1. The van der Waals surface area contributed by atoms with Crippen molar-refractivity contribution in [1.82, 2.24) is 20.0 Å². The van der Waals surface area contributed by atoms with Gasteiger partial charge in [-0.2, -0.15) is 5.10 Å². The van der Waals surface area contributed by atoms with Crippen molar-refractivity contribution in [2.75, 3.05) is 6.54 Å². The van der Waals surface area contributed by atoms with E-state index >= 15 is 0 Å². The smallest absolute Gasteiger partial charge is 0.245 e. The van der Waals surface area contributed by atoms with E-state index in [9.17, 15) is 9.59 Å². The van der Waals surface area contributed by atoms with Crippen molar-refractivity contribution in [2.45, 2.75) is 45.7 Å².